The molecule has 9 nitrogen and oxygen atoms in total. The molecule has 0 fully saturated rings. The summed E-state index contributed by atoms with van der Waals surface area (Å²) in [6, 6.07) is 20.5. The van der Waals surface area contributed by atoms with Crippen LogP contribution >= 0.6 is 0 Å². The number of carbonyl (C=O) groups is 1. The van der Waals surface area contributed by atoms with Crippen LogP contribution in [0.1, 0.15) is 5.56 Å². The van der Waals surface area contributed by atoms with Crippen LogP contribution in [0.4, 0.5) is 17.2 Å². The molecule has 0 aliphatic heterocycles. The maximum atomic E-state index is 12.1. The van der Waals surface area contributed by atoms with E-state index in [1.807, 2.05) is 67.5 Å². The molecule has 1 amide bonds. The standard InChI is InChI=1S/C27H29N7O2/c1-34(2)13-12-30-25(35)17-36-21-7-5-6-18(15-21)26-32-24-9-4-3-8-22(24)27(33-26)31-20-10-11-23(29)19(14-20)16-28/h3-11,14-16,28H,12-13,17,29H2,1-2H3,(H,30,35)(H,31,32,33). The maximum absolute atomic E-state index is 12.1. The van der Waals surface area contributed by atoms with Gasteiger partial charge in [-0.2, -0.15) is 0 Å². The van der Waals surface area contributed by atoms with Gasteiger partial charge in [0, 0.05) is 47.2 Å². The molecule has 9 heteroatoms. The van der Waals surface area contributed by atoms with Gasteiger partial charge in [-0.25, -0.2) is 9.97 Å². The lowest BCUT2D eigenvalue weighted by atomic mass is 10.1. The SMILES string of the molecule is CN(C)CCNC(=O)COc1cccc(-c2nc(Nc3ccc(N)c(C=N)c3)c3ccccc3n2)c1. The van der Waals surface area contributed by atoms with Crippen molar-refractivity contribution in [2.45, 2.75) is 0 Å². The van der Waals surface area contributed by atoms with Crippen LogP contribution in [0, 0.1) is 5.41 Å². The van der Waals surface area contributed by atoms with Crippen molar-refractivity contribution in [1.29, 1.82) is 5.41 Å². The Morgan fingerprint density at radius 3 is 2.72 bits per heavy atom. The van der Waals surface area contributed by atoms with Crippen molar-refractivity contribution >= 4 is 40.2 Å². The quantitative estimate of drug-likeness (QED) is 0.200. The molecule has 184 valence electrons. The predicted molar refractivity (Wildman–Crippen MR) is 144 cm³/mol. The molecule has 0 aliphatic carbocycles. The summed E-state index contributed by atoms with van der Waals surface area (Å²) in [6.07, 6.45) is 1.22. The number of carbonyl (C=O) groups excluding carboxylic acids is 1. The minimum Gasteiger partial charge on any atom is -0.484 e. The molecule has 36 heavy (non-hydrogen) atoms. The Morgan fingerprint density at radius 1 is 1.08 bits per heavy atom. The predicted octanol–water partition coefficient (Wildman–Crippen LogP) is 3.68. The average Bonchev–Trinajstić information content (AvgIpc) is 2.88. The molecule has 0 unspecified atom stereocenters. The van der Waals surface area contributed by atoms with Crippen LogP contribution in [0.5, 0.6) is 5.75 Å². The number of nitrogens with one attached hydrogen (secondary N) is 3. The Bertz CT molecular complexity index is 1390. The van der Waals surface area contributed by atoms with E-state index in [9.17, 15) is 4.79 Å². The fourth-order valence-corrected chi connectivity index (χ4v) is 3.56. The van der Waals surface area contributed by atoms with Crippen LogP contribution in [0.15, 0.2) is 66.7 Å². The highest BCUT2D eigenvalue weighted by Crippen LogP contribution is 2.29. The van der Waals surface area contributed by atoms with Gasteiger partial charge < -0.3 is 31.4 Å². The summed E-state index contributed by atoms with van der Waals surface area (Å²) in [5, 5.41) is 14.6. The summed E-state index contributed by atoms with van der Waals surface area (Å²) < 4.78 is 5.71. The van der Waals surface area contributed by atoms with E-state index in [4.69, 9.17) is 25.8 Å². The number of amides is 1. The number of anilines is 3. The third-order valence-electron chi connectivity index (χ3n) is 5.45. The molecule has 4 rings (SSSR count). The highest BCUT2D eigenvalue weighted by atomic mass is 16.5. The molecule has 0 atom stereocenters. The molecule has 0 aliphatic rings. The minimum absolute atomic E-state index is 0.0746. The highest BCUT2D eigenvalue weighted by molar-refractivity contribution is 5.93. The lowest BCUT2D eigenvalue weighted by Gasteiger charge is -2.13. The van der Waals surface area contributed by atoms with E-state index in [1.54, 1.807) is 18.2 Å². The van der Waals surface area contributed by atoms with Crippen molar-refractivity contribution in [3.63, 3.8) is 0 Å². The number of rotatable bonds is 10. The molecule has 0 saturated heterocycles. The van der Waals surface area contributed by atoms with E-state index in [0.29, 0.717) is 35.2 Å². The Balaban J connectivity index is 1.58. The molecular formula is C27H29N7O2. The first-order valence-electron chi connectivity index (χ1n) is 11.5. The number of hydrogen-bond donors (Lipinski definition) is 4. The van der Waals surface area contributed by atoms with Crippen LogP contribution in [0.3, 0.4) is 0 Å². The number of aromatic nitrogens is 2. The molecule has 4 aromatic rings. The number of likely N-dealkylation sites (N-methyl/N-ethyl adjacent to an activating group) is 1. The summed E-state index contributed by atoms with van der Waals surface area (Å²) in [6.45, 7) is 1.25. The van der Waals surface area contributed by atoms with Crippen LogP contribution in [0.2, 0.25) is 0 Å². The van der Waals surface area contributed by atoms with Gasteiger partial charge in [0.1, 0.15) is 11.6 Å². The molecular weight excluding hydrogens is 454 g/mol. The zero-order chi connectivity index (χ0) is 25.5. The molecule has 1 heterocycles. The minimum atomic E-state index is -0.177. The van der Waals surface area contributed by atoms with Crippen molar-refractivity contribution in [2.24, 2.45) is 0 Å². The lowest BCUT2D eigenvalue weighted by molar-refractivity contribution is -0.123. The fraction of sp³-hybridized carbons (Fsp3) is 0.185. The summed E-state index contributed by atoms with van der Waals surface area (Å²) in [5.74, 6) is 1.52. The normalized spacial score (nSPS) is 10.9. The first-order valence-corrected chi connectivity index (χ1v) is 11.5. The monoisotopic (exact) mass is 483 g/mol. The first kappa shape index (κ1) is 24.6. The molecule has 0 saturated carbocycles. The van der Waals surface area contributed by atoms with Gasteiger partial charge in [0.2, 0.25) is 0 Å². The van der Waals surface area contributed by atoms with Gasteiger partial charge in [-0.15, -0.1) is 0 Å². The molecule has 3 aromatic carbocycles. The Labute approximate surface area is 209 Å². The van der Waals surface area contributed by atoms with E-state index in [-0.39, 0.29) is 12.5 Å². The molecule has 0 bridgehead atoms. The number of fused-ring (bicyclic) bond motifs is 1. The van der Waals surface area contributed by atoms with E-state index in [2.05, 4.69) is 10.6 Å². The average molecular weight is 484 g/mol. The summed E-state index contributed by atoms with van der Waals surface area (Å²) in [4.78, 5) is 23.6. The first-order chi connectivity index (χ1) is 17.4. The van der Waals surface area contributed by atoms with Gasteiger partial charge in [-0.3, -0.25) is 4.79 Å². The highest BCUT2D eigenvalue weighted by Gasteiger charge is 2.12. The van der Waals surface area contributed by atoms with E-state index in [0.717, 1.165) is 28.7 Å². The number of para-hydroxylation sites is 1. The van der Waals surface area contributed by atoms with Gasteiger partial charge >= 0.3 is 0 Å². The third-order valence-corrected chi connectivity index (χ3v) is 5.45. The lowest BCUT2D eigenvalue weighted by Crippen LogP contribution is -2.34. The van der Waals surface area contributed by atoms with E-state index < -0.39 is 0 Å². The zero-order valence-electron chi connectivity index (χ0n) is 20.3. The Hall–Kier alpha value is -4.50. The van der Waals surface area contributed by atoms with Crippen molar-refractivity contribution in [1.82, 2.24) is 20.2 Å². The van der Waals surface area contributed by atoms with Crippen molar-refractivity contribution in [3.8, 4) is 17.1 Å². The summed E-state index contributed by atoms with van der Waals surface area (Å²) in [5.41, 5.74) is 9.38. The Morgan fingerprint density at radius 2 is 1.92 bits per heavy atom. The van der Waals surface area contributed by atoms with Crippen molar-refractivity contribution in [3.05, 3.63) is 72.3 Å². The van der Waals surface area contributed by atoms with Gasteiger partial charge in [-0.05, 0) is 56.6 Å². The zero-order valence-corrected chi connectivity index (χ0v) is 20.3. The molecule has 1 aromatic heterocycles. The van der Waals surface area contributed by atoms with E-state index >= 15 is 0 Å². The topological polar surface area (TPSA) is 129 Å². The van der Waals surface area contributed by atoms with Crippen molar-refractivity contribution in [2.75, 3.05) is 44.8 Å². The summed E-state index contributed by atoms with van der Waals surface area (Å²) >= 11 is 0. The fourth-order valence-electron chi connectivity index (χ4n) is 3.56. The second-order valence-electron chi connectivity index (χ2n) is 8.50. The molecule has 5 N–H and O–H groups in total. The number of nitrogens with zero attached hydrogens (tertiary/aromatic N) is 3. The van der Waals surface area contributed by atoms with Crippen LogP contribution in [-0.4, -0.2) is 60.8 Å². The molecule has 0 spiro atoms. The van der Waals surface area contributed by atoms with Crippen LogP contribution in [0.25, 0.3) is 22.3 Å². The number of nitrogen functional groups attached to an aromatic ring is 1. The molecule has 0 radical (unpaired) electrons. The Kier molecular flexibility index (Phi) is 7.72. The van der Waals surface area contributed by atoms with Gasteiger partial charge in [0.15, 0.2) is 12.4 Å². The largest absolute Gasteiger partial charge is 0.484 e. The van der Waals surface area contributed by atoms with Crippen LogP contribution < -0.4 is 21.1 Å². The van der Waals surface area contributed by atoms with Gasteiger partial charge in [-0.1, -0.05) is 24.3 Å². The number of nitrogens with two attached hydrogens (primary N) is 1. The van der Waals surface area contributed by atoms with Gasteiger partial charge in [0.25, 0.3) is 5.91 Å². The number of ether oxygens (including phenoxy) is 1. The van der Waals surface area contributed by atoms with Gasteiger partial charge in [0.05, 0.1) is 5.52 Å². The second kappa shape index (κ2) is 11.3. The third kappa shape index (κ3) is 6.13. The van der Waals surface area contributed by atoms with E-state index in [1.165, 1.54) is 6.21 Å². The smallest absolute Gasteiger partial charge is 0.257 e. The maximum Gasteiger partial charge on any atom is 0.257 e. The van der Waals surface area contributed by atoms with Crippen LogP contribution in [-0.2, 0) is 4.79 Å². The number of benzene rings is 3. The summed E-state index contributed by atoms with van der Waals surface area (Å²) in [7, 11) is 3.90. The van der Waals surface area contributed by atoms with Crippen molar-refractivity contribution < 1.29 is 9.53 Å². The second-order valence-corrected chi connectivity index (χ2v) is 8.50. The number of hydrogen-bond acceptors (Lipinski definition) is 8.